The van der Waals surface area contributed by atoms with Crippen LogP contribution in [-0.2, 0) is 16.1 Å². The number of imide groups is 1. The number of ether oxygens (including phenoxy) is 1. The zero-order chi connectivity index (χ0) is 26.7. The first kappa shape index (κ1) is 27.1. The Balaban J connectivity index is 1.41. The van der Waals surface area contributed by atoms with E-state index in [1.165, 1.54) is 0 Å². The number of hydrogen-bond donors (Lipinski definition) is 1. The van der Waals surface area contributed by atoms with Crippen molar-refractivity contribution in [3.05, 3.63) is 96.8 Å². The number of benzene rings is 3. The molecule has 0 aliphatic carbocycles. The molecule has 0 unspecified atom stereocenters. The third-order valence-electron chi connectivity index (χ3n) is 5.53. The van der Waals surface area contributed by atoms with Crippen molar-refractivity contribution in [2.45, 2.75) is 20.4 Å². The van der Waals surface area contributed by atoms with Gasteiger partial charge >= 0.3 is 0 Å². The lowest BCUT2D eigenvalue weighted by atomic mass is 10.1. The van der Waals surface area contributed by atoms with Crippen molar-refractivity contribution in [2.24, 2.45) is 0 Å². The molecule has 1 aliphatic rings. The van der Waals surface area contributed by atoms with Gasteiger partial charge in [-0.15, -0.1) is 0 Å². The number of anilines is 1. The summed E-state index contributed by atoms with van der Waals surface area (Å²) in [5, 5.41) is 3.42. The number of rotatable bonds is 7. The molecule has 4 rings (SSSR count). The van der Waals surface area contributed by atoms with Gasteiger partial charge in [-0.1, -0.05) is 59.1 Å². The van der Waals surface area contributed by atoms with E-state index in [0.717, 1.165) is 33.5 Å². The van der Waals surface area contributed by atoms with Gasteiger partial charge in [0.05, 0.1) is 16.5 Å². The third-order valence-corrected chi connectivity index (χ3v) is 7.44. The molecule has 1 saturated heterocycles. The predicted octanol–water partition coefficient (Wildman–Crippen LogP) is 7.52. The average molecular weight is 576 g/mol. The summed E-state index contributed by atoms with van der Waals surface area (Å²) in [7, 11) is 0. The lowest BCUT2D eigenvalue weighted by Crippen LogP contribution is -2.27. The average Bonchev–Trinajstić information content (AvgIpc) is 3.10. The standard InChI is InChI=1S/C27H21Cl3N2O4S/c1-15-6-7-16(2)22(10-15)31-25(33)14-36-23-9-8-17(11-21(23)30)12-24-26(34)32(27(35)37-24)13-18-19(28)4-3-5-20(18)29/h3-12H,13-14H2,1-2H3,(H,31,33)/b24-12-. The van der Waals surface area contributed by atoms with E-state index in [-0.39, 0.29) is 29.0 Å². The first-order valence-electron chi connectivity index (χ1n) is 11.1. The molecular formula is C27H21Cl3N2O4S. The van der Waals surface area contributed by atoms with Crippen LogP contribution in [0.1, 0.15) is 22.3 Å². The number of carbonyl (C=O) groups excluding carboxylic acids is 3. The summed E-state index contributed by atoms with van der Waals surface area (Å²) in [6, 6.07) is 15.7. The van der Waals surface area contributed by atoms with Crippen LogP contribution in [0.2, 0.25) is 15.1 Å². The summed E-state index contributed by atoms with van der Waals surface area (Å²) in [5.41, 5.74) is 3.80. The second-order valence-electron chi connectivity index (χ2n) is 8.31. The maximum atomic E-state index is 12.9. The van der Waals surface area contributed by atoms with Gasteiger partial charge in [0.1, 0.15) is 5.75 Å². The van der Waals surface area contributed by atoms with Crippen LogP contribution in [0.25, 0.3) is 6.08 Å². The number of hydrogen-bond acceptors (Lipinski definition) is 5. The van der Waals surface area contributed by atoms with E-state index in [2.05, 4.69) is 5.32 Å². The third kappa shape index (κ3) is 6.48. The molecule has 37 heavy (non-hydrogen) atoms. The molecule has 3 amide bonds. The van der Waals surface area contributed by atoms with E-state index in [9.17, 15) is 14.4 Å². The fourth-order valence-electron chi connectivity index (χ4n) is 3.55. The van der Waals surface area contributed by atoms with Crippen molar-refractivity contribution < 1.29 is 19.1 Å². The molecule has 3 aromatic rings. The zero-order valence-corrected chi connectivity index (χ0v) is 22.9. The largest absolute Gasteiger partial charge is 0.482 e. The van der Waals surface area contributed by atoms with E-state index >= 15 is 0 Å². The summed E-state index contributed by atoms with van der Waals surface area (Å²) >= 11 is 19.6. The van der Waals surface area contributed by atoms with Crippen molar-refractivity contribution in [3.8, 4) is 5.75 Å². The molecule has 0 radical (unpaired) electrons. The maximum absolute atomic E-state index is 12.9. The minimum Gasteiger partial charge on any atom is -0.482 e. The lowest BCUT2D eigenvalue weighted by molar-refractivity contribution is -0.123. The molecule has 1 N–H and O–H groups in total. The molecular weight excluding hydrogens is 555 g/mol. The van der Waals surface area contributed by atoms with Crippen LogP contribution in [0.15, 0.2) is 59.5 Å². The molecule has 0 atom stereocenters. The second-order valence-corrected chi connectivity index (χ2v) is 10.5. The van der Waals surface area contributed by atoms with Crippen LogP contribution in [-0.4, -0.2) is 28.6 Å². The number of nitrogens with zero attached hydrogens (tertiary/aromatic N) is 1. The van der Waals surface area contributed by atoms with Crippen molar-refractivity contribution in [3.63, 3.8) is 0 Å². The highest BCUT2D eigenvalue weighted by atomic mass is 35.5. The Morgan fingerprint density at radius 1 is 1.00 bits per heavy atom. The van der Waals surface area contributed by atoms with Crippen LogP contribution in [0.4, 0.5) is 10.5 Å². The maximum Gasteiger partial charge on any atom is 0.293 e. The number of amides is 3. The van der Waals surface area contributed by atoms with Crippen LogP contribution < -0.4 is 10.1 Å². The topological polar surface area (TPSA) is 75.7 Å². The van der Waals surface area contributed by atoms with Gasteiger partial charge in [0.2, 0.25) is 0 Å². The monoisotopic (exact) mass is 574 g/mol. The quantitative estimate of drug-likeness (QED) is 0.295. The van der Waals surface area contributed by atoms with E-state index < -0.39 is 11.1 Å². The van der Waals surface area contributed by atoms with Crippen LogP contribution in [0, 0.1) is 13.8 Å². The Kier molecular flexibility index (Phi) is 8.49. The molecule has 0 spiro atoms. The Bertz CT molecular complexity index is 1420. The summed E-state index contributed by atoms with van der Waals surface area (Å²) < 4.78 is 5.59. The fraction of sp³-hybridized carbons (Fsp3) is 0.148. The van der Waals surface area contributed by atoms with E-state index in [0.29, 0.717) is 26.9 Å². The molecule has 0 saturated carbocycles. The van der Waals surface area contributed by atoms with Gasteiger partial charge in [0.25, 0.3) is 17.1 Å². The molecule has 10 heteroatoms. The van der Waals surface area contributed by atoms with E-state index in [1.54, 1.807) is 42.5 Å². The second kappa shape index (κ2) is 11.6. The van der Waals surface area contributed by atoms with Gasteiger partial charge < -0.3 is 10.1 Å². The number of nitrogens with one attached hydrogen (secondary N) is 1. The zero-order valence-electron chi connectivity index (χ0n) is 19.8. The van der Waals surface area contributed by atoms with E-state index in [1.807, 2.05) is 32.0 Å². The number of aryl methyl sites for hydroxylation is 2. The molecule has 6 nitrogen and oxygen atoms in total. The van der Waals surface area contributed by atoms with Crippen molar-refractivity contribution in [1.29, 1.82) is 0 Å². The Morgan fingerprint density at radius 2 is 1.73 bits per heavy atom. The van der Waals surface area contributed by atoms with Crippen LogP contribution in [0.5, 0.6) is 5.75 Å². The smallest absolute Gasteiger partial charge is 0.293 e. The molecule has 190 valence electrons. The molecule has 3 aromatic carbocycles. The molecule has 1 aliphatic heterocycles. The van der Waals surface area contributed by atoms with E-state index in [4.69, 9.17) is 39.5 Å². The van der Waals surface area contributed by atoms with Gasteiger partial charge in [-0.3, -0.25) is 19.3 Å². The SMILES string of the molecule is Cc1ccc(C)c(NC(=O)COc2ccc(/C=C3\SC(=O)N(Cc4c(Cl)cccc4Cl)C3=O)cc2Cl)c1. The van der Waals surface area contributed by atoms with Crippen molar-refractivity contribution in [2.75, 3.05) is 11.9 Å². The first-order valence-corrected chi connectivity index (χ1v) is 13.0. The minimum absolute atomic E-state index is 0.0296. The van der Waals surface area contributed by atoms with Gasteiger partial charge in [-0.05, 0) is 78.7 Å². The summed E-state index contributed by atoms with van der Waals surface area (Å²) in [4.78, 5) is 39.1. The van der Waals surface area contributed by atoms with Crippen molar-refractivity contribution in [1.82, 2.24) is 4.90 Å². The highest BCUT2D eigenvalue weighted by molar-refractivity contribution is 8.18. The van der Waals surface area contributed by atoms with Gasteiger partial charge in [-0.2, -0.15) is 0 Å². The summed E-state index contributed by atoms with van der Waals surface area (Å²) in [5.74, 6) is -0.455. The molecule has 1 heterocycles. The van der Waals surface area contributed by atoms with Crippen LogP contribution >= 0.6 is 46.6 Å². The van der Waals surface area contributed by atoms with Gasteiger partial charge in [0, 0.05) is 21.3 Å². The number of halogens is 3. The molecule has 0 aromatic heterocycles. The lowest BCUT2D eigenvalue weighted by Gasteiger charge is -2.14. The van der Waals surface area contributed by atoms with Gasteiger partial charge in [-0.25, -0.2) is 0 Å². The minimum atomic E-state index is -0.453. The van der Waals surface area contributed by atoms with Crippen LogP contribution in [0.3, 0.4) is 0 Å². The Labute approximate surface area is 233 Å². The summed E-state index contributed by atoms with van der Waals surface area (Å²) in [6.07, 6.45) is 1.57. The fourth-order valence-corrected chi connectivity index (χ4v) is 5.15. The highest BCUT2D eigenvalue weighted by Crippen LogP contribution is 2.36. The summed E-state index contributed by atoms with van der Waals surface area (Å²) in [6.45, 7) is 3.60. The molecule has 0 bridgehead atoms. The van der Waals surface area contributed by atoms with Crippen molar-refractivity contribution >= 4 is 75.4 Å². The predicted molar refractivity (Wildman–Crippen MR) is 149 cm³/mol. The number of carbonyl (C=O) groups is 3. The number of thioether (sulfide) groups is 1. The molecule has 1 fully saturated rings. The first-order chi connectivity index (χ1) is 17.6. The Morgan fingerprint density at radius 3 is 2.43 bits per heavy atom. The highest BCUT2D eigenvalue weighted by Gasteiger charge is 2.35. The normalized spacial score (nSPS) is 14.4. The van der Waals surface area contributed by atoms with Gasteiger partial charge in [0.15, 0.2) is 6.61 Å². The Hall–Kier alpha value is -2.97.